The second kappa shape index (κ2) is 6.25. The summed E-state index contributed by atoms with van der Waals surface area (Å²) < 4.78 is 5.10. The Balaban J connectivity index is 2.73. The zero-order valence-corrected chi connectivity index (χ0v) is 10.9. The Morgan fingerprint density at radius 1 is 1.41 bits per heavy atom. The van der Waals surface area contributed by atoms with E-state index in [1.165, 1.54) is 0 Å². The quantitative estimate of drug-likeness (QED) is 0.841. The smallest absolute Gasteiger partial charge is 0.236 e. The van der Waals surface area contributed by atoms with Crippen LogP contribution in [-0.2, 0) is 4.79 Å². The Morgan fingerprint density at radius 3 is 2.47 bits per heavy atom. The lowest BCUT2D eigenvalue weighted by molar-refractivity contribution is -0.130. The first-order valence-corrected chi connectivity index (χ1v) is 5.64. The number of carbonyl (C=O) groups is 1. The molecule has 0 radical (unpaired) electrons. The molecule has 1 aromatic carbocycles. The molecule has 0 spiro atoms. The number of nitrogens with one attached hydrogen (secondary N) is 1. The molecule has 0 saturated carbocycles. The highest BCUT2D eigenvalue weighted by atomic mass is 16.5. The Morgan fingerprint density at radius 2 is 2.00 bits per heavy atom. The van der Waals surface area contributed by atoms with Gasteiger partial charge in [-0.1, -0.05) is 12.1 Å². The fourth-order valence-corrected chi connectivity index (χ4v) is 1.60. The van der Waals surface area contributed by atoms with E-state index < -0.39 is 0 Å². The number of hydrogen-bond donors (Lipinski definition) is 1. The van der Waals surface area contributed by atoms with Crippen LogP contribution in [0.25, 0.3) is 0 Å². The van der Waals surface area contributed by atoms with Crippen LogP contribution in [0.1, 0.15) is 18.5 Å². The summed E-state index contributed by atoms with van der Waals surface area (Å²) in [7, 11) is 5.22. The fraction of sp³-hybridized carbons (Fsp3) is 0.462. The van der Waals surface area contributed by atoms with Crippen molar-refractivity contribution in [1.29, 1.82) is 0 Å². The van der Waals surface area contributed by atoms with Crippen molar-refractivity contribution in [1.82, 2.24) is 10.2 Å². The lowest BCUT2D eigenvalue weighted by Crippen LogP contribution is -2.35. The molecule has 1 aromatic rings. The number of likely N-dealkylation sites (N-methyl/N-ethyl adjacent to an activating group) is 2. The molecule has 0 bridgehead atoms. The molecule has 0 fully saturated rings. The van der Waals surface area contributed by atoms with E-state index in [0.29, 0.717) is 6.54 Å². The third kappa shape index (κ3) is 3.46. The third-order valence-electron chi connectivity index (χ3n) is 2.90. The Labute approximate surface area is 103 Å². The Bertz CT molecular complexity index is 362. The maximum Gasteiger partial charge on any atom is 0.236 e. The predicted octanol–water partition coefficient (Wildman–Crippen LogP) is 1.43. The molecule has 0 heterocycles. The van der Waals surface area contributed by atoms with E-state index in [0.717, 1.165) is 11.3 Å². The molecule has 1 rings (SSSR count). The SMILES string of the molecule is CNCC(=O)N(C)C(C)c1ccc(OC)cc1. The number of nitrogens with zero attached hydrogens (tertiary/aromatic N) is 1. The molecule has 1 unspecified atom stereocenters. The summed E-state index contributed by atoms with van der Waals surface area (Å²) in [5, 5.41) is 2.86. The molecule has 1 N–H and O–H groups in total. The van der Waals surface area contributed by atoms with Gasteiger partial charge in [-0.05, 0) is 31.7 Å². The molecule has 0 aromatic heterocycles. The monoisotopic (exact) mass is 236 g/mol. The number of ether oxygens (including phenoxy) is 1. The topological polar surface area (TPSA) is 41.6 Å². The molecule has 4 nitrogen and oxygen atoms in total. The van der Waals surface area contributed by atoms with E-state index in [4.69, 9.17) is 4.74 Å². The van der Waals surface area contributed by atoms with Crippen LogP contribution in [0.15, 0.2) is 24.3 Å². The first-order valence-electron chi connectivity index (χ1n) is 5.64. The average Bonchev–Trinajstić information content (AvgIpc) is 2.37. The van der Waals surface area contributed by atoms with Crippen LogP contribution in [0, 0.1) is 0 Å². The number of benzene rings is 1. The van der Waals surface area contributed by atoms with Gasteiger partial charge in [-0.3, -0.25) is 4.79 Å². The third-order valence-corrected chi connectivity index (χ3v) is 2.90. The van der Waals surface area contributed by atoms with Gasteiger partial charge in [-0.15, -0.1) is 0 Å². The van der Waals surface area contributed by atoms with Crippen molar-refractivity contribution in [2.75, 3.05) is 27.7 Å². The number of amides is 1. The number of rotatable bonds is 5. The van der Waals surface area contributed by atoms with Crippen molar-refractivity contribution < 1.29 is 9.53 Å². The Hall–Kier alpha value is -1.55. The van der Waals surface area contributed by atoms with E-state index in [1.807, 2.05) is 38.2 Å². The molecule has 0 saturated heterocycles. The minimum absolute atomic E-state index is 0.0572. The average molecular weight is 236 g/mol. The second-order valence-corrected chi connectivity index (χ2v) is 3.98. The summed E-state index contributed by atoms with van der Waals surface area (Å²) in [5.74, 6) is 0.904. The van der Waals surface area contributed by atoms with E-state index in [9.17, 15) is 4.79 Å². The van der Waals surface area contributed by atoms with Crippen molar-refractivity contribution in [3.05, 3.63) is 29.8 Å². The maximum absolute atomic E-state index is 11.7. The normalized spacial score (nSPS) is 12.0. The van der Waals surface area contributed by atoms with Crippen molar-refractivity contribution in [3.63, 3.8) is 0 Å². The summed E-state index contributed by atoms with van der Waals surface area (Å²) in [6, 6.07) is 7.82. The molecule has 0 aliphatic rings. The number of carbonyl (C=O) groups excluding carboxylic acids is 1. The summed E-state index contributed by atoms with van der Waals surface area (Å²) in [5.41, 5.74) is 1.10. The van der Waals surface area contributed by atoms with E-state index in [1.54, 1.807) is 19.1 Å². The zero-order chi connectivity index (χ0) is 12.8. The van der Waals surface area contributed by atoms with Gasteiger partial charge < -0.3 is 15.0 Å². The van der Waals surface area contributed by atoms with E-state index >= 15 is 0 Å². The second-order valence-electron chi connectivity index (χ2n) is 3.98. The molecular weight excluding hydrogens is 216 g/mol. The molecule has 1 amide bonds. The van der Waals surface area contributed by atoms with Crippen LogP contribution in [-0.4, -0.2) is 38.6 Å². The molecule has 94 valence electrons. The minimum Gasteiger partial charge on any atom is -0.497 e. The molecule has 1 atom stereocenters. The van der Waals surface area contributed by atoms with Gasteiger partial charge >= 0.3 is 0 Å². The van der Waals surface area contributed by atoms with Gasteiger partial charge in [0.2, 0.25) is 5.91 Å². The van der Waals surface area contributed by atoms with Crippen LogP contribution in [0.2, 0.25) is 0 Å². The number of hydrogen-bond acceptors (Lipinski definition) is 3. The molecule has 0 aliphatic heterocycles. The summed E-state index contributed by atoms with van der Waals surface area (Å²) >= 11 is 0. The van der Waals surface area contributed by atoms with Crippen molar-refractivity contribution in [3.8, 4) is 5.75 Å². The molecular formula is C13H20N2O2. The fourth-order valence-electron chi connectivity index (χ4n) is 1.60. The minimum atomic E-state index is 0.0572. The van der Waals surface area contributed by atoms with Crippen LogP contribution < -0.4 is 10.1 Å². The van der Waals surface area contributed by atoms with Gasteiger partial charge in [0, 0.05) is 7.05 Å². The van der Waals surface area contributed by atoms with Crippen molar-refractivity contribution in [2.45, 2.75) is 13.0 Å². The molecule has 0 aliphatic carbocycles. The summed E-state index contributed by atoms with van der Waals surface area (Å²) in [6.45, 7) is 2.37. The number of methoxy groups -OCH3 is 1. The Kier molecular flexibility index (Phi) is 4.97. The first kappa shape index (κ1) is 13.5. The summed E-state index contributed by atoms with van der Waals surface area (Å²) in [4.78, 5) is 13.5. The van der Waals surface area contributed by atoms with Crippen LogP contribution >= 0.6 is 0 Å². The summed E-state index contributed by atoms with van der Waals surface area (Å²) in [6.07, 6.45) is 0. The molecule has 17 heavy (non-hydrogen) atoms. The van der Waals surface area contributed by atoms with Crippen LogP contribution in [0.4, 0.5) is 0 Å². The van der Waals surface area contributed by atoms with Gasteiger partial charge in [0.25, 0.3) is 0 Å². The lowest BCUT2D eigenvalue weighted by Gasteiger charge is -2.25. The van der Waals surface area contributed by atoms with Crippen molar-refractivity contribution in [2.24, 2.45) is 0 Å². The maximum atomic E-state index is 11.7. The van der Waals surface area contributed by atoms with Crippen molar-refractivity contribution >= 4 is 5.91 Å². The van der Waals surface area contributed by atoms with Gasteiger partial charge in [-0.25, -0.2) is 0 Å². The highest BCUT2D eigenvalue weighted by Gasteiger charge is 2.16. The van der Waals surface area contributed by atoms with E-state index in [2.05, 4.69) is 5.32 Å². The van der Waals surface area contributed by atoms with Crippen LogP contribution in [0.3, 0.4) is 0 Å². The zero-order valence-electron chi connectivity index (χ0n) is 10.9. The van der Waals surface area contributed by atoms with Gasteiger partial charge in [0.1, 0.15) is 5.75 Å². The largest absolute Gasteiger partial charge is 0.497 e. The predicted molar refractivity (Wildman–Crippen MR) is 68.1 cm³/mol. The highest BCUT2D eigenvalue weighted by Crippen LogP contribution is 2.21. The van der Waals surface area contributed by atoms with Gasteiger partial charge in [-0.2, -0.15) is 0 Å². The lowest BCUT2D eigenvalue weighted by atomic mass is 10.1. The van der Waals surface area contributed by atoms with Gasteiger partial charge in [0.05, 0.1) is 19.7 Å². The standard InChI is InChI=1S/C13H20N2O2/c1-10(15(3)13(16)9-14-2)11-5-7-12(17-4)8-6-11/h5-8,10,14H,9H2,1-4H3. The van der Waals surface area contributed by atoms with Gasteiger partial charge in [0.15, 0.2) is 0 Å². The van der Waals surface area contributed by atoms with Crippen LogP contribution in [0.5, 0.6) is 5.75 Å². The first-order chi connectivity index (χ1) is 8.10. The van der Waals surface area contributed by atoms with E-state index in [-0.39, 0.29) is 11.9 Å². The highest BCUT2D eigenvalue weighted by molar-refractivity contribution is 5.78. The molecule has 4 heteroatoms.